The Labute approximate surface area is 147 Å². The second-order valence-corrected chi connectivity index (χ2v) is 6.77. The van der Waals surface area contributed by atoms with Crippen molar-refractivity contribution >= 4 is 34.7 Å². The van der Waals surface area contributed by atoms with Crippen LogP contribution in [-0.2, 0) is 4.74 Å². The molecule has 2 aliphatic rings. The molecule has 1 aromatic rings. The molecule has 0 saturated carbocycles. The maximum absolute atomic E-state index is 6.18. The van der Waals surface area contributed by atoms with Crippen molar-refractivity contribution in [1.29, 1.82) is 0 Å². The fraction of sp³-hybridized carbons (Fsp3) is 0.562. The largest absolute Gasteiger partial charge is 0.319 e. The minimum atomic E-state index is -0.413. The third-order valence-corrected chi connectivity index (χ3v) is 4.95. The molecule has 3 rings (SSSR count). The minimum absolute atomic E-state index is 0.0158. The number of ether oxygens (including phenoxy) is 1. The lowest BCUT2D eigenvalue weighted by Gasteiger charge is -2.35. The van der Waals surface area contributed by atoms with Crippen molar-refractivity contribution < 1.29 is 4.74 Å². The Morgan fingerprint density at radius 1 is 1.22 bits per heavy atom. The topological polar surface area (TPSA) is 40.1 Å². The van der Waals surface area contributed by atoms with E-state index < -0.39 is 6.35 Å². The van der Waals surface area contributed by atoms with Crippen molar-refractivity contribution in [2.24, 2.45) is 4.99 Å². The van der Waals surface area contributed by atoms with Gasteiger partial charge in [-0.1, -0.05) is 29.6 Å². The fourth-order valence-corrected chi connectivity index (χ4v) is 3.24. The number of hydrazine groups is 1. The van der Waals surface area contributed by atoms with Gasteiger partial charge in [-0.25, -0.2) is 10.0 Å². The van der Waals surface area contributed by atoms with Gasteiger partial charge in [-0.2, -0.15) is 0 Å². The summed E-state index contributed by atoms with van der Waals surface area (Å²) >= 11 is 12.1. The SMILES string of the molecule is CC1=NC(OC(C)N2CCCCC2)N(c2ccc(Cl)c(Cl)c2)N1. The van der Waals surface area contributed by atoms with Crippen LogP contribution >= 0.6 is 23.2 Å². The fourth-order valence-electron chi connectivity index (χ4n) is 2.94. The Kier molecular flexibility index (Phi) is 5.31. The van der Waals surface area contributed by atoms with Crippen molar-refractivity contribution in [1.82, 2.24) is 10.3 Å². The molecule has 5 nitrogen and oxygen atoms in total. The second kappa shape index (κ2) is 7.26. The van der Waals surface area contributed by atoms with Gasteiger partial charge in [0, 0.05) is 13.1 Å². The molecule has 0 bridgehead atoms. The van der Waals surface area contributed by atoms with Crippen LogP contribution in [0.15, 0.2) is 23.2 Å². The van der Waals surface area contributed by atoms with Crippen LogP contribution in [0.5, 0.6) is 0 Å². The van der Waals surface area contributed by atoms with E-state index in [0.717, 1.165) is 24.6 Å². The molecule has 1 N–H and O–H groups in total. The number of anilines is 1. The molecule has 126 valence electrons. The summed E-state index contributed by atoms with van der Waals surface area (Å²) in [7, 11) is 0. The molecule has 1 aromatic carbocycles. The number of nitrogens with one attached hydrogen (secondary N) is 1. The summed E-state index contributed by atoms with van der Waals surface area (Å²) in [5.41, 5.74) is 4.08. The average Bonchev–Trinajstić information content (AvgIpc) is 2.91. The van der Waals surface area contributed by atoms with Gasteiger partial charge in [0.2, 0.25) is 6.35 Å². The monoisotopic (exact) mass is 356 g/mol. The first kappa shape index (κ1) is 16.8. The highest BCUT2D eigenvalue weighted by Crippen LogP contribution is 2.29. The third kappa shape index (κ3) is 3.91. The lowest BCUT2D eigenvalue weighted by Crippen LogP contribution is -2.47. The summed E-state index contributed by atoms with van der Waals surface area (Å²) in [6.07, 6.45) is 3.37. The van der Waals surface area contributed by atoms with E-state index in [9.17, 15) is 0 Å². The predicted molar refractivity (Wildman–Crippen MR) is 94.9 cm³/mol. The highest BCUT2D eigenvalue weighted by molar-refractivity contribution is 6.42. The van der Waals surface area contributed by atoms with Crippen LogP contribution in [-0.4, -0.2) is 36.4 Å². The summed E-state index contributed by atoms with van der Waals surface area (Å²) < 4.78 is 6.18. The molecular formula is C16H22Cl2N4O. The number of amidine groups is 1. The van der Waals surface area contributed by atoms with E-state index in [2.05, 4.69) is 22.2 Å². The highest BCUT2D eigenvalue weighted by Gasteiger charge is 2.29. The van der Waals surface area contributed by atoms with Crippen LogP contribution in [0.4, 0.5) is 5.69 Å². The normalized spacial score (nSPS) is 23.6. The molecule has 0 spiro atoms. The number of benzene rings is 1. The van der Waals surface area contributed by atoms with Gasteiger partial charge in [0.25, 0.3) is 0 Å². The van der Waals surface area contributed by atoms with Gasteiger partial charge in [-0.3, -0.25) is 10.3 Å². The van der Waals surface area contributed by atoms with Crippen molar-refractivity contribution in [3.8, 4) is 0 Å². The minimum Gasteiger partial charge on any atom is -0.319 e. The van der Waals surface area contributed by atoms with Crippen LogP contribution in [0, 0.1) is 0 Å². The molecule has 0 radical (unpaired) electrons. The number of hydrogen-bond acceptors (Lipinski definition) is 5. The number of likely N-dealkylation sites (tertiary alicyclic amines) is 1. The van der Waals surface area contributed by atoms with Gasteiger partial charge in [0.05, 0.1) is 15.7 Å². The maximum atomic E-state index is 6.18. The lowest BCUT2D eigenvalue weighted by atomic mass is 10.1. The first-order valence-electron chi connectivity index (χ1n) is 7.99. The number of rotatable bonds is 4. The number of nitrogens with zero attached hydrogens (tertiary/aromatic N) is 3. The van der Waals surface area contributed by atoms with E-state index in [1.807, 2.05) is 24.1 Å². The van der Waals surface area contributed by atoms with Crippen LogP contribution in [0.1, 0.15) is 33.1 Å². The third-order valence-electron chi connectivity index (χ3n) is 4.21. The standard InChI is InChI=1S/C16H22Cl2N4O/c1-11-19-16(23-12(2)21-8-4-3-5-9-21)22(20-11)13-6-7-14(17)15(18)10-13/h6-7,10,12,16H,3-5,8-9H2,1-2H3,(H,19,20). The highest BCUT2D eigenvalue weighted by atomic mass is 35.5. The molecule has 23 heavy (non-hydrogen) atoms. The zero-order valence-corrected chi connectivity index (χ0v) is 14.9. The van der Waals surface area contributed by atoms with Gasteiger partial charge in [-0.05, 0) is 44.9 Å². The van der Waals surface area contributed by atoms with Crippen molar-refractivity contribution in [2.75, 3.05) is 18.1 Å². The molecule has 1 fully saturated rings. The smallest absolute Gasteiger partial charge is 0.248 e. The molecule has 2 aliphatic heterocycles. The molecule has 2 heterocycles. The number of halogens is 2. The summed E-state index contributed by atoms with van der Waals surface area (Å²) in [4.78, 5) is 6.90. The van der Waals surface area contributed by atoms with Gasteiger partial charge in [0.1, 0.15) is 12.1 Å². The van der Waals surface area contributed by atoms with E-state index in [1.165, 1.54) is 19.3 Å². The van der Waals surface area contributed by atoms with Crippen molar-refractivity contribution in [3.63, 3.8) is 0 Å². The Morgan fingerprint density at radius 2 is 1.96 bits per heavy atom. The second-order valence-electron chi connectivity index (χ2n) is 5.95. The van der Waals surface area contributed by atoms with E-state index in [0.29, 0.717) is 10.0 Å². The molecule has 0 aromatic heterocycles. The van der Waals surface area contributed by atoms with Gasteiger partial charge in [-0.15, -0.1) is 0 Å². The van der Waals surface area contributed by atoms with Crippen LogP contribution in [0.2, 0.25) is 10.0 Å². The van der Waals surface area contributed by atoms with Gasteiger partial charge < -0.3 is 4.74 Å². The predicted octanol–water partition coefficient (Wildman–Crippen LogP) is 3.87. The summed E-state index contributed by atoms with van der Waals surface area (Å²) in [5, 5.41) is 2.92. The molecule has 1 saturated heterocycles. The lowest BCUT2D eigenvalue weighted by molar-refractivity contribution is -0.0907. The number of piperidine rings is 1. The van der Waals surface area contributed by atoms with E-state index in [1.54, 1.807) is 6.07 Å². The zero-order valence-electron chi connectivity index (χ0n) is 13.4. The van der Waals surface area contributed by atoms with E-state index >= 15 is 0 Å². The number of aliphatic imine (C=N–C) groups is 1. The molecule has 0 aliphatic carbocycles. The zero-order chi connectivity index (χ0) is 16.4. The van der Waals surface area contributed by atoms with Gasteiger partial charge in [0.15, 0.2) is 0 Å². The summed E-state index contributed by atoms with van der Waals surface area (Å²) in [6.45, 7) is 6.16. The van der Waals surface area contributed by atoms with Crippen molar-refractivity contribution in [3.05, 3.63) is 28.2 Å². The van der Waals surface area contributed by atoms with Crippen LogP contribution in [0.3, 0.4) is 0 Å². The van der Waals surface area contributed by atoms with Gasteiger partial charge >= 0.3 is 0 Å². The molecule has 7 heteroatoms. The Morgan fingerprint density at radius 3 is 2.65 bits per heavy atom. The summed E-state index contributed by atoms with van der Waals surface area (Å²) in [6, 6.07) is 5.49. The van der Waals surface area contributed by atoms with E-state index in [4.69, 9.17) is 27.9 Å². The van der Waals surface area contributed by atoms with Crippen LogP contribution < -0.4 is 10.4 Å². The Bertz CT molecular complexity index is 589. The Balaban J connectivity index is 1.71. The molecule has 2 atom stereocenters. The molecular weight excluding hydrogens is 335 g/mol. The Hall–Kier alpha value is -1.01. The van der Waals surface area contributed by atoms with Crippen LogP contribution in [0.25, 0.3) is 0 Å². The summed E-state index contributed by atoms with van der Waals surface area (Å²) in [5.74, 6) is 0.812. The maximum Gasteiger partial charge on any atom is 0.248 e. The first-order valence-corrected chi connectivity index (χ1v) is 8.75. The molecule has 2 unspecified atom stereocenters. The first-order chi connectivity index (χ1) is 11.0. The average molecular weight is 357 g/mol. The van der Waals surface area contributed by atoms with E-state index in [-0.39, 0.29) is 6.23 Å². The quantitative estimate of drug-likeness (QED) is 0.888. The van der Waals surface area contributed by atoms with Crippen molar-refractivity contribution in [2.45, 2.75) is 45.7 Å². The molecule has 0 amide bonds. The number of hydrogen-bond donors (Lipinski definition) is 1.